The van der Waals surface area contributed by atoms with Crippen molar-refractivity contribution < 1.29 is 4.52 Å². The Morgan fingerprint density at radius 3 is 3.25 bits per heavy atom. The van der Waals surface area contributed by atoms with Crippen molar-refractivity contribution in [2.24, 2.45) is 0 Å². The average molecular weight is 235 g/mol. The fraction of sp³-hybridized carbons (Fsp3) is 0.455. The van der Waals surface area contributed by atoms with E-state index in [4.69, 9.17) is 4.52 Å². The van der Waals surface area contributed by atoms with Crippen LogP contribution in [0, 0.1) is 0 Å². The van der Waals surface area contributed by atoms with E-state index in [9.17, 15) is 0 Å². The van der Waals surface area contributed by atoms with Crippen LogP contribution in [-0.4, -0.2) is 23.2 Å². The molecule has 1 saturated heterocycles. The number of aromatic nitrogens is 2. The monoisotopic (exact) mass is 235 g/mol. The molecule has 0 spiro atoms. The molecule has 1 aliphatic heterocycles. The molecule has 3 rings (SSSR count). The summed E-state index contributed by atoms with van der Waals surface area (Å²) in [4.78, 5) is 5.54. The summed E-state index contributed by atoms with van der Waals surface area (Å²) >= 11 is 1.64. The topological polar surface area (TPSA) is 51.0 Å². The number of thiophene rings is 1. The third-order valence-corrected chi connectivity index (χ3v) is 3.70. The summed E-state index contributed by atoms with van der Waals surface area (Å²) in [6.07, 6.45) is 2.32. The maximum absolute atomic E-state index is 5.33. The number of nitrogens with zero attached hydrogens (tertiary/aromatic N) is 2. The Labute approximate surface area is 97.7 Å². The van der Waals surface area contributed by atoms with Crippen LogP contribution in [0.25, 0.3) is 10.7 Å². The Hall–Kier alpha value is -1.20. The van der Waals surface area contributed by atoms with Gasteiger partial charge in [-0.05, 0) is 30.8 Å². The first-order valence-corrected chi connectivity index (χ1v) is 6.39. The van der Waals surface area contributed by atoms with E-state index in [2.05, 4.69) is 15.5 Å². The van der Waals surface area contributed by atoms with E-state index >= 15 is 0 Å². The lowest BCUT2D eigenvalue weighted by Crippen LogP contribution is -2.28. The first-order chi connectivity index (χ1) is 7.93. The zero-order valence-electron chi connectivity index (χ0n) is 8.85. The summed E-state index contributed by atoms with van der Waals surface area (Å²) in [5.41, 5.74) is 0. The zero-order valence-corrected chi connectivity index (χ0v) is 9.67. The molecule has 0 saturated carbocycles. The van der Waals surface area contributed by atoms with E-state index in [1.54, 1.807) is 11.3 Å². The molecule has 0 aliphatic carbocycles. The Morgan fingerprint density at radius 2 is 2.50 bits per heavy atom. The van der Waals surface area contributed by atoms with Gasteiger partial charge in [-0.25, -0.2) is 0 Å². The third kappa shape index (κ3) is 1.88. The van der Waals surface area contributed by atoms with Crippen LogP contribution in [0.15, 0.2) is 22.0 Å². The SMILES string of the molecule is c1csc(-c2noc([C@H]3CCCNC3)n2)c1. The molecule has 0 bridgehead atoms. The molecule has 0 amide bonds. The van der Waals surface area contributed by atoms with Crippen LogP contribution >= 0.6 is 11.3 Å². The summed E-state index contributed by atoms with van der Waals surface area (Å²) in [7, 11) is 0. The second-order valence-electron chi connectivity index (χ2n) is 3.98. The summed E-state index contributed by atoms with van der Waals surface area (Å²) < 4.78 is 5.33. The predicted molar refractivity (Wildman–Crippen MR) is 62.5 cm³/mol. The van der Waals surface area contributed by atoms with Crippen LogP contribution in [0.2, 0.25) is 0 Å². The highest BCUT2D eigenvalue weighted by Crippen LogP contribution is 2.26. The Balaban J connectivity index is 1.82. The van der Waals surface area contributed by atoms with Gasteiger partial charge >= 0.3 is 0 Å². The molecule has 1 N–H and O–H groups in total. The lowest BCUT2D eigenvalue weighted by molar-refractivity contribution is 0.322. The Morgan fingerprint density at radius 1 is 1.50 bits per heavy atom. The fourth-order valence-corrected chi connectivity index (χ4v) is 2.62. The van der Waals surface area contributed by atoms with E-state index in [1.807, 2.05) is 17.5 Å². The van der Waals surface area contributed by atoms with Gasteiger partial charge in [0.2, 0.25) is 11.7 Å². The first kappa shape index (κ1) is 9.99. The minimum atomic E-state index is 0.384. The van der Waals surface area contributed by atoms with Crippen LogP contribution in [0.1, 0.15) is 24.7 Å². The quantitative estimate of drug-likeness (QED) is 0.867. The third-order valence-electron chi connectivity index (χ3n) is 2.83. The second-order valence-corrected chi connectivity index (χ2v) is 4.92. The van der Waals surface area contributed by atoms with Crippen molar-refractivity contribution in [3.8, 4) is 10.7 Å². The van der Waals surface area contributed by atoms with Gasteiger partial charge in [0.05, 0.1) is 10.8 Å². The van der Waals surface area contributed by atoms with Gasteiger partial charge in [0.25, 0.3) is 0 Å². The van der Waals surface area contributed by atoms with Crippen molar-refractivity contribution in [2.75, 3.05) is 13.1 Å². The average Bonchev–Trinajstić information content (AvgIpc) is 3.01. The van der Waals surface area contributed by atoms with E-state index in [-0.39, 0.29) is 0 Å². The molecule has 3 heterocycles. The lowest BCUT2D eigenvalue weighted by atomic mass is 10.00. The number of nitrogens with one attached hydrogen (secondary N) is 1. The summed E-state index contributed by atoms with van der Waals surface area (Å²) in [6.45, 7) is 2.05. The standard InChI is InChI=1S/C11H13N3OS/c1-3-8(7-12-5-1)11-13-10(14-15-11)9-4-2-6-16-9/h2,4,6,8,12H,1,3,5,7H2/t8-/m0/s1. The van der Waals surface area contributed by atoms with Gasteiger partial charge < -0.3 is 9.84 Å². The Bertz CT molecular complexity index is 446. The molecule has 0 unspecified atom stereocenters. The molecule has 0 aromatic carbocycles. The van der Waals surface area contributed by atoms with Gasteiger partial charge in [-0.15, -0.1) is 11.3 Å². The van der Waals surface area contributed by atoms with Crippen molar-refractivity contribution in [1.82, 2.24) is 15.5 Å². The molecule has 4 nitrogen and oxygen atoms in total. The minimum Gasteiger partial charge on any atom is -0.339 e. The smallest absolute Gasteiger partial charge is 0.231 e. The molecule has 16 heavy (non-hydrogen) atoms. The van der Waals surface area contributed by atoms with Gasteiger partial charge in [-0.1, -0.05) is 11.2 Å². The molecule has 1 atom stereocenters. The van der Waals surface area contributed by atoms with Gasteiger partial charge in [0.15, 0.2) is 0 Å². The fourth-order valence-electron chi connectivity index (χ4n) is 1.97. The van der Waals surface area contributed by atoms with Crippen molar-refractivity contribution >= 4 is 11.3 Å². The number of hydrogen-bond acceptors (Lipinski definition) is 5. The molecule has 2 aromatic rings. The van der Waals surface area contributed by atoms with Crippen molar-refractivity contribution in [3.05, 3.63) is 23.4 Å². The van der Waals surface area contributed by atoms with Crippen LogP contribution in [0.4, 0.5) is 0 Å². The van der Waals surface area contributed by atoms with Crippen LogP contribution in [0.5, 0.6) is 0 Å². The first-order valence-electron chi connectivity index (χ1n) is 5.51. The molecule has 2 aromatic heterocycles. The highest BCUT2D eigenvalue weighted by atomic mass is 32.1. The highest BCUT2D eigenvalue weighted by molar-refractivity contribution is 7.13. The van der Waals surface area contributed by atoms with Crippen LogP contribution in [0.3, 0.4) is 0 Å². The molecular formula is C11H13N3OS. The maximum atomic E-state index is 5.33. The van der Waals surface area contributed by atoms with Crippen molar-refractivity contribution in [2.45, 2.75) is 18.8 Å². The number of rotatable bonds is 2. The maximum Gasteiger partial charge on any atom is 0.231 e. The number of piperidine rings is 1. The summed E-state index contributed by atoms with van der Waals surface area (Å²) in [5, 5.41) is 9.40. The lowest BCUT2D eigenvalue weighted by Gasteiger charge is -2.18. The van der Waals surface area contributed by atoms with Gasteiger partial charge in [-0.3, -0.25) is 0 Å². The molecule has 1 fully saturated rings. The zero-order chi connectivity index (χ0) is 10.8. The van der Waals surface area contributed by atoms with Gasteiger partial charge in [-0.2, -0.15) is 4.98 Å². The second kappa shape index (κ2) is 4.35. The van der Waals surface area contributed by atoms with E-state index < -0.39 is 0 Å². The van der Waals surface area contributed by atoms with Gasteiger partial charge in [0.1, 0.15) is 0 Å². The minimum absolute atomic E-state index is 0.384. The van der Waals surface area contributed by atoms with E-state index in [0.29, 0.717) is 5.92 Å². The molecule has 1 aliphatic rings. The summed E-state index contributed by atoms with van der Waals surface area (Å²) in [6, 6.07) is 4.01. The number of hydrogen-bond donors (Lipinski definition) is 1. The molecule has 5 heteroatoms. The normalized spacial score (nSPS) is 21.1. The summed E-state index contributed by atoms with van der Waals surface area (Å²) in [5.74, 6) is 1.88. The van der Waals surface area contributed by atoms with Crippen molar-refractivity contribution in [3.63, 3.8) is 0 Å². The molecule has 84 valence electrons. The molecular weight excluding hydrogens is 222 g/mol. The highest BCUT2D eigenvalue weighted by Gasteiger charge is 2.21. The van der Waals surface area contributed by atoms with Crippen molar-refractivity contribution in [1.29, 1.82) is 0 Å². The van der Waals surface area contributed by atoms with E-state index in [0.717, 1.165) is 36.1 Å². The van der Waals surface area contributed by atoms with E-state index in [1.165, 1.54) is 6.42 Å². The largest absolute Gasteiger partial charge is 0.339 e. The predicted octanol–water partition coefficient (Wildman–Crippen LogP) is 2.27. The van der Waals surface area contributed by atoms with Crippen LogP contribution in [-0.2, 0) is 0 Å². The Kier molecular flexibility index (Phi) is 2.71. The van der Waals surface area contributed by atoms with Crippen LogP contribution < -0.4 is 5.32 Å². The molecule has 0 radical (unpaired) electrons. The van der Waals surface area contributed by atoms with Gasteiger partial charge in [0, 0.05) is 6.54 Å².